The summed E-state index contributed by atoms with van der Waals surface area (Å²) in [4.78, 5) is 27.9. The van der Waals surface area contributed by atoms with Gasteiger partial charge in [0.05, 0.1) is 6.42 Å². The molecule has 1 fully saturated rings. The van der Waals surface area contributed by atoms with Gasteiger partial charge in [-0.1, -0.05) is 67.2 Å². The second-order valence-electron chi connectivity index (χ2n) is 7.90. The Labute approximate surface area is 192 Å². The molecule has 1 atom stereocenters. The standard InChI is InChI=1S/C24H27Cl2FN2O2/c1-2-22(24(31)28-17-9-4-5-10-17)29(15-16-8-3-6-11-19(16)25)23(30)14-18-20(26)12-7-13-21(18)27/h3,6-8,11-13,17,22H,2,4-5,9-10,14-15H2,1H3,(H,28,31)/t22-/m0/s1. The Kier molecular flexibility index (Phi) is 8.33. The van der Waals surface area contributed by atoms with Crippen LogP contribution in [0.4, 0.5) is 4.39 Å². The smallest absolute Gasteiger partial charge is 0.243 e. The van der Waals surface area contributed by atoms with E-state index in [2.05, 4.69) is 5.32 Å². The van der Waals surface area contributed by atoms with E-state index in [1.165, 1.54) is 17.0 Å². The summed E-state index contributed by atoms with van der Waals surface area (Å²) >= 11 is 12.5. The minimum absolute atomic E-state index is 0.129. The Hall–Kier alpha value is -2.11. The van der Waals surface area contributed by atoms with Gasteiger partial charge in [0.2, 0.25) is 11.8 Å². The lowest BCUT2D eigenvalue weighted by Gasteiger charge is -2.32. The molecule has 0 heterocycles. The van der Waals surface area contributed by atoms with Gasteiger partial charge < -0.3 is 10.2 Å². The summed E-state index contributed by atoms with van der Waals surface area (Å²) in [5, 5.41) is 3.79. The number of benzene rings is 2. The van der Waals surface area contributed by atoms with Crippen LogP contribution in [0.25, 0.3) is 0 Å². The molecule has 1 aliphatic carbocycles. The summed E-state index contributed by atoms with van der Waals surface area (Å²) in [7, 11) is 0. The maximum absolute atomic E-state index is 14.3. The fraction of sp³-hybridized carbons (Fsp3) is 0.417. The predicted molar refractivity (Wildman–Crippen MR) is 122 cm³/mol. The van der Waals surface area contributed by atoms with Gasteiger partial charge in [-0.15, -0.1) is 0 Å². The highest BCUT2D eigenvalue weighted by Gasteiger charge is 2.31. The normalized spacial score (nSPS) is 15.0. The van der Waals surface area contributed by atoms with Crippen LogP contribution in [0.2, 0.25) is 10.0 Å². The number of hydrogen-bond acceptors (Lipinski definition) is 2. The van der Waals surface area contributed by atoms with Crippen molar-refractivity contribution in [3.8, 4) is 0 Å². The van der Waals surface area contributed by atoms with Crippen molar-refractivity contribution in [1.82, 2.24) is 10.2 Å². The summed E-state index contributed by atoms with van der Waals surface area (Å²) in [6.07, 6.45) is 4.28. The van der Waals surface area contributed by atoms with E-state index in [-0.39, 0.29) is 41.4 Å². The van der Waals surface area contributed by atoms with Crippen LogP contribution in [0, 0.1) is 5.82 Å². The number of nitrogens with zero attached hydrogens (tertiary/aromatic N) is 1. The van der Waals surface area contributed by atoms with Crippen LogP contribution in [-0.4, -0.2) is 28.8 Å². The first-order valence-corrected chi connectivity index (χ1v) is 11.4. The first-order valence-electron chi connectivity index (χ1n) is 10.7. The lowest BCUT2D eigenvalue weighted by molar-refractivity contribution is -0.141. The molecule has 4 nitrogen and oxygen atoms in total. The number of rotatable bonds is 8. The number of carbonyl (C=O) groups excluding carboxylic acids is 2. The topological polar surface area (TPSA) is 49.4 Å². The quantitative estimate of drug-likeness (QED) is 0.557. The first-order chi connectivity index (χ1) is 14.9. The highest BCUT2D eigenvalue weighted by molar-refractivity contribution is 6.31. The molecular weight excluding hydrogens is 438 g/mol. The molecule has 0 unspecified atom stereocenters. The fourth-order valence-corrected chi connectivity index (χ4v) is 4.48. The Morgan fingerprint density at radius 2 is 1.77 bits per heavy atom. The molecule has 1 aliphatic rings. The molecule has 0 bridgehead atoms. The second-order valence-corrected chi connectivity index (χ2v) is 8.72. The first kappa shape index (κ1) is 23.6. The highest BCUT2D eigenvalue weighted by Crippen LogP contribution is 2.24. The maximum atomic E-state index is 14.3. The van der Waals surface area contributed by atoms with Gasteiger partial charge in [0, 0.05) is 28.2 Å². The minimum Gasteiger partial charge on any atom is -0.352 e. The molecule has 7 heteroatoms. The fourth-order valence-electron chi connectivity index (χ4n) is 4.05. The molecule has 2 aromatic carbocycles. The average Bonchev–Trinajstić information content (AvgIpc) is 3.25. The maximum Gasteiger partial charge on any atom is 0.243 e. The summed E-state index contributed by atoms with van der Waals surface area (Å²) in [6, 6.07) is 11.0. The number of nitrogens with one attached hydrogen (secondary N) is 1. The Morgan fingerprint density at radius 3 is 2.42 bits per heavy atom. The van der Waals surface area contributed by atoms with Gasteiger partial charge in [0.25, 0.3) is 0 Å². The molecular formula is C24H27Cl2FN2O2. The summed E-state index contributed by atoms with van der Waals surface area (Å²) in [5.74, 6) is -1.10. The molecule has 1 N–H and O–H groups in total. The van der Waals surface area contributed by atoms with Crippen molar-refractivity contribution < 1.29 is 14.0 Å². The van der Waals surface area contributed by atoms with Crippen molar-refractivity contribution in [3.05, 3.63) is 69.5 Å². The van der Waals surface area contributed by atoms with E-state index in [9.17, 15) is 14.0 Å². The van der Waals surface area contributed by atoms with E-state index in [4.69, 9.17) is 23.2 Å². The Bertz CT molecular complexity index is 911. The summed E-state index contributed by atoms with van der Waals surface area (Å²) in [5.41, 5.74) is 0.855. The zero-order valence-corrected chi connectivity index (χ0v) is 19.1. The molecule has 31 heavy (non-hydrogen) atoms. The van der Waals surface area contributed by atoms with E-state index in [0.717, 1.165) is 31.2 Å². The predicted octanol–water partition coefficient (Wildman–Crippen LogP) is 5.54. The van der Waals surface area contributed by atoms with Crippen molar-refractivity contribution in [2.75, 3.05) is 0 Å². The van der Waals surface area contributed by atoms with E-state index in [1.54, 1.807) is 18.2 Å². The zero-order valence-electron chi connectivity index (χ0n) is 17.5. The number of halogens is 3. The number of amides is 2. The van der Waals surface area contributed by atoms with Crippen molar-refractivity contribution in [1.29, 1.82) is 0 Å². The zero-order chi connectivity index (χ0) is 22.4. The molecule has 2 aromatic rings. The van der Waals surface area contributed by atoms with Crippen molar-refractivity contribution >= 4 is 35.0 Å². The molecule has 0 radical (unpaired) electrons. The molecule has 0 aromatic heterocycles. The number of hydrogen-bond donors (Lipinski definition) is 1. The van der Waals surface area contributed by atoms with Gasteiger partial charge >= 0.3 is 0 Å². The van der Waals surface area contributed by atoms with Gasteiger partial charge in [-0.05, 0) is 43.0 Å². The third-order valence-corrected chi connectivity index (χ3v) is 6.50. The Balaban J connectivity index is 1.87. The van der Waals surface area contributed by atoms with Crippen LogP contribution in [0.3, 0.4) is 0 Å². The van der Waals surface area contributed by atoms with Crippen molar-refractivity contribution in [3.63, 3.8) is 0 Å². The van der Waals surface area contributed by atoms with Crippen LogP contribution >= 0.6 is 23.2 Å². The van der Waals surface area contributed by atoms with Crippen LogP contribution < -0.4 is 5.32 Å². The highest BCUT2D eigenvalue weighted by atomic mass is 35.5. The van der Waals surface area contributed by atoms with E-state index in [0.29, 0.717) is 11.4 Å². The van der Waals surface area contributed by atoms with E-state index < -0.39 is 11.9 Å². The van der Waals surface area contributed by atoms with Gasteiger partial charge in [0.15, 0.2) is 0 Å². The van der Waals surface area contributed by atoms with Crippen molar-refractivity contribution in [2.45, 2.75) is 64.1 Å². The molecule has 0 spiro atoms. The van der Waals surface area contributed by atoms with Gasteiger partial charge in [-0.3, -0.25) is 9.59 Å². The van der Waals surface area contributed by atoms with Crippen LogP contribution in [0.5, 0.6) is 0 Å². The molecule has 166 valence electrons. The SMILES string of the molecule is CC[C@@H](C(=O)NC1CCCC1)N(Cc1ccccc1Cl)C(=O)Cc1c(F)cccc1Cl. The summed E-state index contributed by atoms with van der Waals surface area (Å²) in [6.45, 7) is 2.02. The number of carbonyl (C=O) groups is 2. The lowest BCUT2D eigenvalue weighted by Crippen LogP contribution is -2.51. The van der Waals surface area contributed by atoms with E-state index in [1.807, 2.05) is 19.1 Å². The monoisotopic (exact) mass is 464 g/mol. The van der Waals surface area contributed by atoms with Crippen LogP contribution in [0.1, 0.15) is 50.2 Å². The molecule has 0 aliphatic heterocycles. The average molecular weight is 465 g/mol. The molecule has 3 rings (SSSR count). The van der Waals surface area contributed by atoms with Gasteiger partial charge in [-0.25, -0.2) is 4.39 Å². The van der Waals surface area contributed by atoms with E-state index >= 15 is 0 Å². The summed E-state index contributed by atoms with van der Waals surface area (Å²) < 4.78 is 14.3. The van der Waals surface area contributed by atoms with Gasteiger partial charge in [0.1, 0.15) is 11.9 Å². The molecule has 1 saturated carbocycles. The van der Waals surface area contributed by atoms with Crippen LogP contribution in [0.15, 0.2) is 42.5 Å². The third kappa shape index (κ3) is 5.98. The Morgan fingerprint density at radius 1 is 1.10 bits per heavy atom. The van der Waals surface area contributed by atoms with Crippen LogP contribution in [-0.2, 0) is 22.6 Å². The lowest BCUT2D eigenvalue weighted by atomic mass is 10.1. The minimum atomic E-state index is -0.685. The largest absolute Gasteiger partial charge is 0.352 e. The third-order valence-electron chi connectivity index (χ3n) is 5.78. The second kappa shape index (κ2) is 11.0. The van der Waals surface area contributed by atoms with Crippen molar-refractivity contribution in [2.24, 2.45) is 0 Å². The molecule has 2 amide bonds. The van der Waals surface area contributed by atoms with Gasteiger partial charge in [-0.2, -0.15) is 0 Å². The molecule has 0 saturated heterocycles.